The van der Waals surface area contributed by atoms with Gasteiger partial charge in [-0.2, -0.15) is 0 Å². The van der Waals surface area contributed by atoms with Crippen molar-refractivity contribution in [3.8, 4) is 11.3 Å². The van der Waals surface area contributed by atoms with Crippen LogP contribution in [0, 0.1) is 5.82 Å². The lowest BCUT2D eigenvalue weighted by Crippen LogP contribution is -2.17. The highest BCUT2D eigenvalue weighted by Gasteiger charge is 2.09. The summed E-state index contributed by atoms with van der Waals surface area (Å²) in [5.74, 6) is -0.235. The lowest BCUT2D eigenvalue weighted by atomic mass is 10.2. The van der Waals surface area contributed by atoms with E-state index in [1.54, 1.807) is 29.7 Å². The first-order valence-electron chi connectivity index (χ1n) is 6.49. The molecule has 0 saturated carbocycles. The number of nitrogens with zero attached hydrogens (tertiary/aromatic N) is 3. The Hall–Kier alpha value is -2.05. The summed E-state index contributed by atoms with van der Waals surface area (Å²) in [6, 6.07) is 8.24. The molecule has 0 aliphatic rings. The summed E-state index contributed by atoms with van der Waals surface area (Å²) in [5.41, 5.74) is 2.70. The van der Waals surface area contributed by atoms with Crippen LogP contribution in [0.5, 0.6) is 0 Å². The van der Waals surface area contributed by atoms with Gasteiger partial charge >= 0.3 is 0 Å². The van der Waals surface area contributed by atoms with Gasteiger partial charge in [0.15, 0.2) is 0 Å². The number of thiazole rings is 1. The average molecular weight is 303 g/mol. The Labute approximate surface area is 125 Å². The molecule has 0 aliphatic heterocycles. The van der Waals surface area contributed by atoms with Gasteiger partial charge in [-0.3, -0.25) is 4.90 Å². The molecule has 0 fully saturated rings. The molecule has 0 bridgehead atoms. The van der Waals surface area contributed by atoms with Crippen LogP contribution in [0.1, 0.15) is 10.7 Å². The van der Waals surface area contributed by atoms with Crippen LogP contribution in [-0.2, 0) is 13.1 Å². The Morgan fingerprint density at radius 3 is 2.71 bits per heavy atom. The SMILES string of the molecule is CN(Cc1ccon1)Cc1nc(-c2ccc(F)cc2)cs1. The van der Waals surface area contributed by atoms with Crippen molar-refractivity contribution < 1.29 is 8.91 Å². The van der Waals surface area contributed by atoms with E-state index in [0.717, 1.165) is 28.5 Å². The second-order valence-electron chi connectivity index (χ2n) is 4.80. The molecule has 108 valence electrons. The number of benzene rings is 1. The first kappa shape index (κ1) is 13.9. The smallest absolute Gasteiger partial charge is 0.124 e. The molecular weight excluding hydrogens is 289 g/mol. The quantitative estimate of drug-likeness (QED) is 0.722. The number of rotatable bonds is 5. The molecule has 1 aromatic carbocycles. The van der Waals surface area contributed by atoms with Crippen LogP contribution in [0.2, 0.25) is 0 Å². The third-order valence-electron chi connectivity index (χ3n) is 3.02. The minimum atomic E-state index is -0.235. The van der Waals surface area contributed by atoms with Crippen LogP contribution in [0.15, 0.2) is 46.5 Å². The lowest BCUT2D eigenvalue weighted by Gasteiger charge is -2.12. The largest absolute Gasteiger partial charge is 0.364 e. The minimum Gasteiger partial charge on any atom is -0.364 e. The van der Waals surface area contributed by atoms with Gasteiger partial charge in [0.05, 0.1) is 17.9 Å². The number of hydrogen-bond acceptors (Lipinski definition) is 5. The van der Waals surface area contributed by atoms with E-state index in [4.69, 9.17) is 4.52 Å². The molecular formula is C15H14FN3OS. The van der Waals surface area contributed by atoms with Gasteiger partial charge in [0, 0.05) is 23.6 Å². The fraction of sp³-hybridized carbons (Fsp3) is 0.200. The molecule has 2 heterocycles. The van der Waals surface area contributed by atoms with Crippen molar-refractivity contribution >= 4 is 11.3 Å². The Balaban J connectivity index is 1.66. The highest BCUT2D eigenvalue weighted by atomic mass is 32.1. The van der Waals surface area contributed by atoms with Crippen LogP contribution < -0.4 is 0 Å². The maximum absolute atomic E-state index is 12.9. The molecule has 3 aromatic rings. The summed E-state index contributed by atoms with van der Waals surface area (Å²) in [5, 5.41) is 6.90. The topological polar surface area (TPSA) is 42.2 Å². The fourth-order valence-electron chi connectivity index (χ4n) is 2.02. The Kier molecular flexibility index (Phi) is 4.08. The molecule has 0 aliphatic carbocycles. The van der Waals surface area contributed by atoms with E-state index in [1.807, 2.05) is 18.5 Å². The van der Waals surface area contributed by atoms with Crippen molar-refractivity contribution in [2.24, 2.45) is 0 Å². The van der Waals surface area contributed by atoms with Gasteiger partial charge in [-0.1, -0.05) is 5.16 Å². The standard InChI is InChI=1S/C15H14FN3OS/c1-19(8-13-6-7-20-18-13)9-15-17-14(10-21-15)11-2-4-12(16)5-3-11/h2-7,10H,8-9H2,1H3. The maximum atomic E-state index is 12.9. The second kappa shape index (κ2) is 6.15. The van der Waals surface area contributed by atoms with E-state index in [0.29, 0.717) is 6.54 Å². The van der Waals surface area contributed by atoms with Crippen molar-refractivity contribution in [3.63, 3.8) is 0 Å². The molecule has 0 N–H and O–H groups in total. The van der Waals surface area contributed by atoms with Gasteiger partial charge in [0.2, 0.25) is 0 Å². The molecule has 0 radical (unpaired) electrons. The zero-order valence-corrected chi connectivity index (χ0v) is 12.3. The predicted octanol–water partition coefficient (Wildman–Crippen LogP) is 3.57. The molecule has 3 rings (SSSR count). The van der Waals surface area contributed by atoms with Gasteiger partial charge in [-0.15, -0.1) is 11.3 Å². The van der Waals surface area contributed by atoms with Crippen molar-refractivity contribution in [2.45, 2.75) is 13.1 Å². The Morgan fingerprint density at radius 1 is 1.19 bits per heavy atom. The van der Waals surface area contributed by atoms with Crippen LogP contribution in [0.4, 0.5) is 4.39 Å². The number of hydrogen-bond donors (Lipinski definition) is 0. The van der Waals surface area contributed by atoms with Gasteiger partial charge in [0.25, 0.3) is 0 Å². The summed E-state index contributed by atoms with van der Waals surface area (Å²) in [6.45, 7) is 1.45. The zero-order chi connectivity index (χ0) is 14.7. The van der Waals surface area contributed by atoms with Crippen molar-refractivity contribution in [2.75, 3.05) is 7.05 Å². The van der Waals surface area contributed by atoms with Crippen LogP contribution in [0.25, 0.3) is 11.3 Å². The maximum Gasteiger partial charge on any atom is 0.124 e. The van der Waals surface area contributed by atoms with E-state index in [1.165, 1.54) is 12.1 Å². The molecule has 0 atom stereocenters. The van der Waals surface area contributed by atoms with E-state index < -0.39 is 0 Å². The average Bonchev–Trinajstić information content (AvgIpc) is 3.11. The third kappa shape index (κ3) is 3.53. The molecule has 0 spiro atoms. The van der Waals surface area contributed by atoms with Gasteiger partial charge < -0.3 is 4.52 Å². The molecule has 0 saturated heterocycles. The van der Waals surface area contributed by atoms with Gasteiger partial charge in [-0.05, 0) is 31.3 Å². The highest BCUT2D eigenvalue weighted by Crippen LogP contribution is 2.23. The lowest BCUT2D eigenvalue weighted by molar-refractivity contribution is 0.303. The van der Waals surface area contributed by atoms with Gasteiger partial charge in [-0.25, -0.2) is 9.37 Å². The van der Waals surface area contributed by atoms with Gasteiger partial charge in [0.1, 0.15) is 17.1 Å². The van der Waals surface area contributed by atoms with Crippen LogP contribution >= 0.6 is 11.3 Å². The molecule has 0 unspecified atom stereocenters. The summed E-state index contributed by atoms with van der Waals surface area (Å²) in [4.78, 5) is 6.71. The third-order valence-corrected chi connectivity index (χ3v) is 3.85. The summed E-state index contributed by atoms with van der Waals surface area (Å²) in [7, 11) is 2.01. The summed E-state index contributed by atoms with van der Waals surface area (Å²) >= 11 is 1.60. The Bertz CT molecular complexity index is 694. The molecule has 0 amide bonds. The summed E-state index contributed by atoms with van der Waals surface area (Å²) in [6.07, 6.45) is 1.57. The molecule has 21 heavy (non-hydrogen) atoms. The van der Waals surface area contributed by atoms with E-state index in [-0.39, 0.29) is 5.82 Å². The highest BCUT2D eigenvalue weighted by molar-refractivity contribution is 7.09. The molecule has 4 nitrogen and oxygen atoms in total. The fourth-order valence-corrected chi connectivity index (χ4v) is 2.90. The monoisotopic (exact) mass is 303 g/mol. The zero-order valence-electron chi connectivity index (χ0n) is 11.5. The normalized spacial score (nSPS) is 11.2. The first-order chi connectivity index (χ1) is 10.2. The van der Waals surface area contributed by atoms with Crippen LogP contribution in [0.3, 0.4) is 0 Å². The summed E-state index contributed by atoms with van der Waals surface area (Å²) < 4.78 is 17.7. The minimum absolute atomic E-state index is 0.235. The predicted molar refractivity (Wildman–Crippen MR) is 79.2 cm³/mol. The van der Waals surface area contributed by atoms with E-state index >= 15 is 0 Å². The van der Waals surface area contributed by atoms with Crippen LogP contribution in [-0.4, -0.2) is 22.1 Å². The van der Waals surface area contributed by atoms with E-state index in [2.05, 4.69) is 15.0 Å². The number of halogens is 1. The molecule has 2 aromatic heterocycles. The van der Waals surface area contributed by atoms with Crippen molar-refractivity contribution in [3.05, 3.63) is 58.5 Å². The van der Waals surface area contributed by atoms with Crippen molar-refractivity contribution in [1.82, 2.24) is 15.0 Å². The first-order valence-corrected chi connectivity index (χ1v) is 7.37. The molecule has 6 heteroatoms. The number of aromatic nitrogens is 2. The van der Waals surface area contributed by atoms with Crippen molar-refractivity contribution in [1.29, 1.82) is 0 Å². The second-order valence-corrected chi connectivity index (χ2v) is 5.74. The van der Waals surface area contributed by atoms with E-state index in [9.17, 15) is 4.39 Å². The Morgan fingerprint density at radius 2 is 2.00 bits per heavy atom.